The van der Waals surface area contributed by atoms with Crippen LogP contribution in [0.25, 0.3) is 0 Å². The van der Waals surface area contributed by atoms with Gasteiger partial charge in [0, 0.05) is 10.6 Å². The van der Waals surface area contributed by atoms with Gasteiger partial charge < -0.3 is 10.1 Å². The van der Waals surface area contributed by atoms with Crippen LogP contribution in [0.15, 0.2) is 23.1 Å². The second-order valence-electron chi connectivity index (χ2n) is 4.47. The number of halogens is 2. The number of esters is 1. The molecule has 0 bridgehead atoms. The van der Waals surface area contributed by atoms with E-state index in [1.807, 2.05) is 6.92 Å². The molecule has 0 saturated heterocycles. The second kappa shape index (κ2) is 9.73. The Bertz CT molecular complexity index is 457. The van der Waals surface area contributed by atoms with Crippen molar-refractivity contribution in [3.05, 3.63) is 29.8 Å². The summed E-state index contributed by atoms with van der Waals surface area (Å²) in [5.41, 5.74) is 0. The quantitative estimate of drug-likeness (QED) is 0.560. The summed E-state index contributed by atoms with van der Waals surface area (Å²) in [6, 6.07) is 2.95. The van der Waals surface area contributed by atoms with Gasteiger partial charge in [-0.05, 0) is 44.5 Å². The van der Waals surface area contributed by atoms with E-state index in [2.05, 4.69) is 5.32 Å². The number of ether oxygens (including phenoxy) is 1. The van der Waals surface area contributed by atoms with Crippen LogP contribution in [0.1, 0.15) is 26.7 Å². The fourth-order valence-corrected chi connectivity index (χ4v) is 2.71. The van der Waals surface area contributed by atoms with E-state index >= 15 is 0 Å². The molecule has 0 fully saturated rings. The average Bonchev–Trinajstić information content (AvgIpc) is 2.46. The molecule has 0 spiro atoms. The highest BCUT2D eigenvalue weighted by Gasteiger charge is 2.18. The van der Waals surface area contributed by atoms with Crippen LogP contribution in [0.4, 0.5) is 8.78 Å². The van der Waals surface area contributed by atoms with Crippen LogP contribution in [0.5, 0.6) is 0 Å². The Balaban J connectivity index is 2.52. The fraction of sp³-hybridized carbons (Fsp3) is 0.533. The topological polar surface area (TPSA) is 38.3 Å². The third kappa shape index (κ3) is 6.44. The number of rotatable bonds is 9. The normalized spacial score (nSPS) is 12.2. The first kappa shape index (κ1) is 17.9. The van der Waals surface area contributed by atoms with E-state index in [1.165, 1.54) is 17.8 Å². The summed E-state index contributed by atoms with van der Waals surface area (Å²) in [4.78, 5) is 12.0. The van der Waals surface area contributed by atoms with Gasteiger partial charge in [-0.15, -0.1) is 11.8 Å². The first-order valence-electron chi connectivity index (χ1n) is 7.06. The largest absolute Gasteiger partial charge is 0.465 e. The van der Waals surface area contributed by atoms with Crippen LogP contribution in [0, 0.1) is 11.6 Å². The molecule has 1 N–H and O–H groups in total. The Morgan fingerprint density at radius 3 is 2.81 bits per heavy atom. The standard InChI is InChI=1S/C15H21F2NO2S/c1-3-8-18-13(15(19)20-4-2)7-9-21-14-10-11(16)5-6-12(14)17/h5-6,10,13,18H,3-4,7-9H2,1-2H3. The van der Waals surface area contributed by atoms with Crippen molar-refractivity contribution in [2.45, 2.75) is 37.6 Å². The van der Waals surface area contributed by atoms with Gasteiger partial charge in [0.05, 0.1) is 6.61 Å². The molecule has 6 heteroatoms. The molecule has 0 aliphatic carbocycles. The van der Waals surface area contributed by atoms with Crippen molar-refractivity contribution in [3.63, 3.8) is 0 Å². The SMILES string of the molecule is CCCNC(CCSc1cc(F)ccc1F)C(=O)OCC. The lowest BCUT2D eigenvalue weighted by atomic mass is 10.2. The van der Waals surface area contributed by atoms with Crippen molar-refractivity contribution < 1.29 is 18.3 Å². The minimum atomic E-state index is -0.468. The van der Waals surface area contributed by atoms with Crippen molar-refractivity contribution in [1.82, 2.24) is 5.32 Å². The summed E-state index contributed by atoms with van der Waals surface area (Å²) in [6.07, 6.45) is 1.40. The van der Waals surface area contributed by atoms with Gasteiger partial charge in [0.2, 0.25) is 0 Å². The monoisotopic (exact) mass is 317 g/mol. The highest BCUT2D eigenvalue weighted by Crippen LogP contribution is 2.23. The van der Waals surface area contributed by atoms with Gasteiger partial charge in [-0.3, -0.25) is 4.79 Å². The predicted octanol–water partition coefficient (Wildman–Crippen LogP) is 3.38. The van der Waals surface area contributed by atoms with Crippen LogP contribution in [0.3, 0.4) is 0 Å². The van der Waals surface area contributed by atoms with Gasteiger partial charge in [0.15, 0.2) is 0 Å². The van der Waals surface area contributed by atoms with Gasteiger partial charge in [-0.25, -0.2) is 8.78 Å². The molecule has 0 radical (unpaired) electrons. The maximum atomic E-state index is 13.5. The number of nitrogens with one attached hydrogen (secondary N) is 1. The Morgan fingerprint density at radius 1 is 1.38 bits per heavy atom. The molecule has 0 saturated carbocycles. The molecular weight excluding hydrogens is 296 g/mol. The van der Waals surface area contributed by atoms with E-state index in [-0.39, 0.29) is 10.9 Å². The average molecular weight is 317 g/mol. The Kier molecular flexibility index (Phi) is 8.30. The summed E-state index contributed by atoms with van der Waals surface area (Å²) in [6.45, 7) is 4.80. The Hall–Kier alpha value is -1.14. The third-order valence-corrected chi connectivity index (χ3v) is 3.83. The molecule has 1 aromatic carbocycles. The molecule has 1 atom stereocenters. The van der Waals surface area contributed by atoms with Gasteiger partial charge >= 0.3 is 5.97 Å². The lowest BCUT2D eigenvalue weighted by Crippen LogP contribution is -2.39. The first-order chi connectivity index (χ1) is 10.1. The van der Waals surface area contributed by atoms with Crippen molar-refractivity contribution in [1.29, 1.82) is 0 Å². The minimum absolute atomic E-state index is 0.258. The summed E-state index contributed by atoms with van der Waals surface area (Å²) in [5.74, 6) is -0.715. The molecule has 118 valence electrons. The van der Waals surface area contributed by atoms with E-state index < -0.39 is 17.7 Å². The van der Waals surface area contributed by atoms with E-state index in [0.717, 1.165) is 18.6 Å². The molecule has 0 heterocycles. The Morgan fingerprint density at radius 2 is 2.14 bits per heavy atom. The maximum Gasteiger partial charge on any atom is 0.323 e. The zero-order valence-electron chi connectivity index (χ0n) is 12.3. The van der Waals surface area contributed by atoms with Gasteiger partial charge in [0.25, 0.3) is 0 Å². The summed E-state index contributed by atoms with van der Waals surface area (Å²) in [7, 11) is 0. The summed E-state index contributed by atoms with van der Waals surface area (Å²) in [5, 5.41) is 3.11. The van der Waals surface area contributed by atoms with Crippen molar-refractivity contribution >= 4 is 17.7 Å². The van der Waals surface area contributed by atoms with Crippen LogP contribution in [0.2, 0.25) is 0 Å². The molecule has 3 nitrogen and oxygen atoms in total. The van der Waals surface area contributed by atoms with Crippen LogP contribution in [-0.4, -0.2) is 30.9 Å². The van der Waals surface area contributed by atoms with Gasteiger partial charge in [-0.2, -0.15) is 0 Å². The number of hydrogen-bond donors (Lipinski definition) is 1. The summed E-state index contributed by atoms with van der Waals surface area (Å²) < 4.78 is 31.5. The number of carbonyl (C=O) groups is 1. The smallest absolute Gasteiger partial charge is 0.323 e. The molecule has 1 aromatic rings. The number of thioether (sulfide) groups is 1. The van der Waals surface area contributed by atoms with Crippen molar-refractivity contribution in [2.24, 2.45) is 0 Å². The number of benzene rings is 1. The van der Waals surface area contributed by atoms with Gasteiger partial charge in [0.1, 0.15) is 17.7 Å². The predicted molar refractivity (Wildman–Crippen MR) is 80.4 cm³/mol. The lowest BCUT2D eigenvalue weighted by molar-refractivity contribution is -0.145. The lowest BCUT2D eigenvalue weighted by Gasteiger charge is -2.16. The van der Waals surface area contributed by atoms with Crippen LogP contribution < -0.4 is 5.32 Å². The molecule has 0 amide bonds. The highest BCUT2D eigenvalue weighted by molar-refractivity contribution is 7.99. The van der Waals surface area contributed by atoms with E-state index in [9.17, 15) is 13.6 Å². The molecule has 21 heavy (non-hydrogen) atoms. The number of carbonyl (C=O) groups excluding carboxylic acids is 1. The first-order valence-corrected chi connectivity index (χ1v) is 8.04. The molecule has 0 aliphatic heterocycles. The molecule has 0 aliphatic rings. The fourth-order valence-electron chi connectivity index (χ4n) is 1.74. The van der Waals surface area contributed by atoms with Crippen molar-refractivity contribution in [3.8, 4) is 0 Å². The highest BCUT2D eigenvalue weighted by atomic mass is 32.2. The van der Waals surface area contributed by atoms with E-state index in [1.54, 1.807) is 6.92 Å². The molecular formula is C15H21F2NO2S. The maximum absolute atomic E-state index is 13.5. The van der Waals surface area contributed by atoms with Crippen LogP contribution in [-0.2, 0) is 9.53 Å². The minimum Gasteiger partial charge on any atom is -0.465 e. The molecule has 0 aromatic heterocycles. The van der Waals surface area contributed by atoms with E-state index in [4.69, 9.17) is 4.74 Å². The van der Waals surface area contributed by atoms with Crippen LogP contribution >= 0.6 is 11.8 Å². The molecule has 1 unspecified atom stereocenters. The Labute approximate surface area is 128 Å². The molecule has 1 rings (SSSR count). The second-order valence-corrected chi connectivity index (χ2v) is 5.61. The van der Waals surface area contributed by atoms with Crippen molar-refractivity contribution in [2.75, 3.05) is 18.9 Å². The van der Waals surface area contributed by atoms with E-state index in [0.29, 0.717) is 25.3 Å². The number of hydrogen-bond acceptors (Lipinski definition) is 4. The zero-order chi connectivity index (χ0) is 15.7. The zero-order valence-corrected chi connectivity index (χ0v) is 13.1. The third-order valence-electron chi connectivity index (χ3n) is 2.77. The summed E-state index contributed by atoms with van der Waals surface area (Å²) >= 11 is 1.20. The van der Waals surface area contributed by atoms with Gasteiger partial charge in [-0.1, -0.05) is 6.92 Å².